The van der Waals surface area contributed by atoms with Crippen LogP contribution in [-0.4, -0.2) is 11.1 Å². The van der Waals surface area contributed by atoms with E-state index in [0.717, 1.165) is 5.56 Å². The Morgan fingerprint density at radius 3 is 2.57 bits per heavy atom. The van der Waals surface area contributed by atoms with Gasteiger partial charge in [0, 0.05) is 29.3 Å². The number of nitrogens with two attached hydrogens (primary N) is 1. The van der Waals surface area contributed by atoms with Crippen LogP contribution in [0.3, 0.4) is 0 Å². The number of anilines is 1. The first-order valence-electron chi connectivity index (χ1n) is 6.86. The van der Waals surface area contributed by atoms with Crippen LogP contribution in [0.2, 0.25) is 5.02 Å². The maximum atomic E-state index is 13.3. The first-order valence-corrected chi connectivity index (χ1v) is 7.23. The van der Waals surface area contributed by atoms with Crippen LogP contribution < -0.4 is 5.73 Å². The summed E-state index contributed by atoms with van der Waals surface area (Å²) < 4.78 is 31.9. The van der Waals surface area contributed by atoms with Crippen molar-refractivity contribution in [2.45, 2.75) is 37.5 Å². The van der Waals surface area contributed by atoms with Gasteiger partial charge < -0.3 is 10.3 Å². The third-order valence-corrected chi connectivity index (χ3v) is 4.31. The van der Waals surface area contributed by atoms with E-state index in [9.17, 15) is 8.78 Å². The van der Waals surface area contributed by atoms with E-state index in [4.69, 9.17) is 21.9 Å². The van der Waals surface area contributed by atoms with Crippen molar-refractivity contribution in [3.05, 3.63) is 35.0 Å². The summed E-state index contributed by atoms with van der Waals surface area (Å²) in [7, 11) is 0. The van der Waals surface area contributed by atoms with Gasteiger partial charge in [-0.15, -0.1) is 0 Å². The van der Waals surface area contributed by atoms with Crippen LogP contribution in [0, 0.1) is 0 Å². The highest BCUT2D eigenvalue weighted by Gasteiger charge is 2.38. The Hall–Kier alpha value is -1.62. The highest BCUT2D eigenvalue weighted by Crippen LogP contribution is 2.45. The zero-order chi connectivity index (χ0) is 15.0. The molecule has 3 nitrogen and oxygen atoms in total. The average Bonchev–Trinajstić information content (AvgIpc) is 2.81. The molecule has 1 aliphatic carbocycles. The van der Waals surface area contributed by atoms with Crippen molar-refractivity contribution in [1.29, 1.82) is 0 Å². The molecule has 1 fully saturated rings. The Labute approximate surface area is 126 Å². The molecule has 1 saturated carbocycles. The summed E-state index contributed by atoms with van der Waals surface area (Å²) in [4.78, 5) is 0. The molecule has 3 rings (SSSR count). The topological polar surface area (TPSA) is 52.0 Å². The third-order valence-electron chi connectivity index (χ3n) is 3.98. The summed E-state index contributed by atoms with van der Waals surface area (Å²) in [5.74, 6) is -1.86. The molecule has 1 heterocycles. The second-order valence-corrected chi connectivity index (χ2v) is 5.82. The predicted molar refractivity (Wildman–Crippen MR) is 77.5 cm³/mol. The summed E-state index contributed by atoms with van der Waals surface area (Å²) in [5.41, 5.74) is 7.25. The monoisotopic (exact) mass is 312 g/mol. The molecule has 0 bridgehead atoms. The molecule has 0 radical (unpaired) electrons. The highest BCUT2D eigenvalue weighted by atomic mass is 35.5. The number of hydrogen-bond acceptors (Lipinski definition) is 3. The molecule has 0 amide bonds. The quantitative estimate of drug-likeness (QED) is 0.860. The number of rotatable bonds is 2. The molecule has 112 valence electrons. The van der Waals surface area contributed by atoms with Gasteiger partial charge in [0.25, 0.3) is 0 Å². The van der Waals surface area contributed by atoms with E-state index in [1.807, 2.05) is 18.2 Å². The summed E-state index contributed by atoms with van der Waals surface area (Å²) >= 11 is 6.20. The lowest BCUT2D eigenvalue weighted by molar-refractivity contribution is -0.0398. The Morgan fingerprint density at radius 1 is 1.24 bits per heavy atom. The van der Waals surface area contributed by atoms with Crippen molar-refractivity contribution >= 4 is 17.4 Å². The fourth-order valence-corrected chi connectivity index (χ4v) is 3.06. The van der Waals surface area contributed by atoms with E-state index < -0.39 is 5.92 Å². The van der Waals surface area contributed by atoms with E-state index in [2.05, 4.69) is 5.16 Å². The van der Waals surface area contributed by atoms with E-state index in [1.54, 1.807) is 6.07 Å². The number of hydrogen-bond donors (Lipinski definition) is 1. The predicted octanol–water partition coefficient (Wildman–Crippen LogP) is 4.87. The largest absolute Gasteiger partial charge is 0.380 e. The minimum Gasteiger partial charge on any atom is -0.380 e. The van der Waals surface area contributed by atoms with Crippen LogP contribution in [0.4, 0.5) is 14.6 Å². The Balaban J connectivity index is 1.97. The zero-order valence-electron chi connectivity index (χ0n) is 11.3. The maximum Gasteiger partial charge on any atom is 0.248 e. The summed E-state index contributed by atoms with van der Waals surface area (Å²) in [5, 5.41) is 4.34. The highest BCUT2D eigenvalue weighted by molar-refractivity contribution is 6.33. The molecule has 0 unspecified atom stereocenters. The number of aromatic nitrogens is 1. The van der Waals surface area contributed by atoms with Crippen molar-refractivity contribution in [3.8, 4) is 11.1 Å². The molecule has 0 atom stereocenters. The molecular weight excluding hydrogens is 298 g/mol. The van der Waals surface area contributed by atoms with Crippen LogP contribution in [0.5, 0.6) is 0 Å². The van der Waals surface area contributed by atoms with Gasteiger partial charge in [-0.3, -0.25) is 0 Å². The molecule has 6 heteroatoms. The first-order chi connectivity index (χ1) is 9.98. The Kier molecular flexibility index (Phi) is 3.61. The van der Waals surface area contributed by atoms with Crippen molar-refractivity contribution in [3.63, 3.8) is 0 Å². The number of alkyl halides is 2. The molecule has 0 spiro atoms. The van der Waals surface area contributed by atoms with Crippen LogP contribution in [0.1, 0.15) is 37.4 Å². The standard InChI is InChI=1S/C15H15ClF2N2O/c16-11-4-2-1-3-10(11)12-13(21-20-14(12)19)9-5-7-15(17,18)8-6-9/h1-4,9H,5-8H2,(H2,19,20). The zero-order valence-corrected chi connectivity index (χ0v) is 12.0. The fourth-order valence-electron chi connectivity index (χ4n) is 2.83. The van der Waals surface area contributed by atoms with E-state index in [-0.39, 0.29) is 24.6 Å². The van der Waals surface area contributed by atoms with Crippen LogP contribution >= 0.6 is 11.6 Å². The van der Waals surface area contributed by atoms with Crippen LogP contribution in [-0.2, 0) is 0 Å². The van der Waals surface area contributed by atoms with E-state index >= 15 is 0 Å². The lowest BCUT2D eigenvalue weighted by Gasteiger charge is -2.27. The smallest absolute Gasteiger partial charge is 0.248 e. The van der Waals surface area contributed by atoms with Gasteiger partial charge in [-0.1, -0.05) is 35.0 Å². The molecule has 1 aromatic heterocycles. The molecule has 1 aliphatic rings. The number of nitrogen functional groups attached to an aromatic ring is 1. The summed E-state index contributed by atoms with van der Waals surface area (Å²) in [6, 6.07) is 7.23. The molecule has 1 aromatic carbocycles. The Morgan fingerprint density at radius 2 is 1.90 bits per heavy atom. The maximum absolute atomic E-state index is 13.3. The van der Waals surface area contributed by atoms with E-state index in [1.165, 1.54) is 0 Å². The fraction of sp³-hybridized carbons (Fsp3) is 0.400. The summed E-state index contributed by atoms with van der Waals surface area (Å²) in [6.45, 7) is 0. The lowest BCUT2D eigenvalue weighted by Crippen LogP contribution is -2.23. The van der Waals surface area contributed by atoms with Gasteiger partial charge in [-0.2, -0.15) is 0 Å². The SMILES string of the molecule is Nc1noc(C2CCC(F)(F)CC2)c1-c1ccccc1Cl. The van der Waals surface area contributed by atoms with Gasteiger partial charge in [-0.25, -0.2) is 8.78 Å². The normalized spacial score (nSPS) is 18.8. The average molecular weight is 313 g/mol. The molecule has 21 heavy (non-hydrogen) atoms. The van der Waals surface area contributed by atoms with Crippen LogP contribution in [0.15, 0.2) is 28.8 Å². The number of halogens is 3. The van der Waals surface area contributed by atoms with Crippen molar-refractivity contribution in [1.82, 2.24) is 5.16 Å². The Bertz CT molecular complexity index is 647. The molecular formula is C15H15ClF2N2O. The van der Waals surface area contributed by atoms with Gasteiger partial charge in [0.15, 0.2) is 5.82 Å². The van der Waals surface area contributed by atoms with Crippen molar-refractivity contribution in [2.24, 2.45) is 0 Å². The minimum absolute atomic E-state index is 0.0966. The summed E-state index contributed by atoms with van der Waals surface area (Å²) in [6.07, 6.45) is 0.443. The van der Waals surface area contributed by atoms with Crippen molar-refractivity contribution < 1.29 is 13.3 Å². The second-order valence-electron chi connectivity index (χ2n) is 5.42. The van der Waals surface area contributed by atoms with Gasteiger partial charge in [0.1, 0.15) is 5.76 Å². The number of benzene rings is 1. The van der Waals surface area contributed by atoms with Crippen LogP contribution in [0.25, 0.3) is 11.1 Å². The minimum atomic E-state index is -2.58. The second kappa shape index (κ2) is 5.30. The van der Waals surface area contributed by atoms with Gasteiger partial charge in [0.05, 0.1) is 5.56 Å². The molecule has 2 N–H and O–H groups in total. The number of nitrogens with zero attached hydrogens (tertiary/aromatic N) is 1. The molecule has 0 aliphatic heterocycles. The third kappa shape index (κ3) is 2.75. The van der Waals surface area contributed by atoms with Gasteiger partial charge in [-0.05, 0) is 18.9 Å². The van der Waals surface area contributed by atoms with E-state index in [0.29, 0.717) is 29.2 Å². The molecule has 2 aromatic rings. The lowest BCUT2D eigenvalue weighted by atomic mass is 9.83. The molecule has 0 saturated heterocycles. The first kappa shape index (κ1) is 14.3. The van der Waals surface area contributed by atoms with Gasteiger partial charge >= 0.3 is 0 Å². The van der Waals surface area contributed by atoms with Crippen molar-refractivity contribution in [2.75, 3.05) is 5.73 Å². The van der Waals surface area contributed by atoms with Gasteiger partial charge in [0.2, 0.25) is 5.92 Å².